The van der Waals surface area contributed by atoms with Gasteiger partial charge in [-0.25, -0.2) is 0 Å². The van der Waals surface area contributed by atoms with Crippen LogP contribution in [0.2, 0.25) is 0 Å². The molecule has 0 aromatic heterocycles. The van der Waals surface area contributed by atoms with E-state index in [1.54, 1.807) is 25.7 Å². The van der Waals surface area contributed by atoms with E-state index in [0.29, 0.717) is 0 Å². The van der Waals surface area contributed by atoms with E-state index >= 15 is 0 Å². The highest BCUT2D eigenvalue weighted by Crippen LogP contribution is 2.63. The van der Waals surface area contributed by atoms with Crippen LogP contribution in [0.25, 0.3) is 0 Å². The summed E-state index contributed by atoms with van der Waals surface area (Å²) >= 11 is 0. The lowest BCUT2D eigenvalue weighted by Crippen LogP contribution is -2.22. The lowest BCUT2D eigenvalue weighted by atomic mass is 9.76. The molecule has 0 aromatic carbocycles. The lowest BCUT2D eigenvalue weighted by molar-refractivity contribution is 0.195. The molecule has 0 heteroatoms. The van der Waals surface area contributed by atoms with E-state index in [-0.39, 0.29) is 0 Å². The molecule has 3 fully saturated rings. The smallest absolute Gasteiger partial charge is 0.0324 e. The van der Waals surface area contributed by atoms with Crippen molar-refractivity contribution in [3.05, 3.63) is 0 Å². The van der Waals surface area contributed by atoms with Crippen LogP contribution in [0.3, 0.4) is 0 Å². The molecule has 0 saturated heterocycles. The summed E-state index contributed by atoms with van der Waals surface area (Å²) in [5.74, 6) is 6.87. The summed E-state index contributed by atoms with van der Waals surface area (Å²) in [5, 5.41) is 0. The molecule has 3 aliphatic carbocycles. The Kier molecular flexibility index (Phi) is 2.15. The molecule has 0 radical (unpaired) electrons. The zero-order valence-electron chi connectivity index (χ0n) is 9.71. The number of rotatable bonds is 2. The molecule has 0 aliphatic heterocycles. The Labute approximate surface area is 88.5 Å². The zero-order valence-corrected chi connectivity index (χ0v) is 9.71. The fourth-order valence-electron chi connectivity index (χ4n) is 5.39. The SMILES string of the molecule is CC[C@H]1CC2C3CCC(C3)C2[C@H]1CC. The van der Waals surface area contributed by atoms with Crippen LogP contribution in [-0.2, 0) is 0 Å². The van der Waals surface area contributed by atoms with Gasteiger partial charge in [0, 0.05) is 0 Å². The summed E-state index contributed by atoms with van der Waals surface area (Å²) in [5.41, 5.74) is 0. The predicted octanol–water partition coefficient (Wildman–Crippen LogP) is 4.10. The van der Waals surface area contributed by atoms with E-state index in [2.05, 4.69) is 13.8 Å². The van der Waals surface area contributed by atoms with Crippen molar-refractivity contribution < 1.29 is 0 Å². The van der Waals surface area contributed by atoms with Gasteiger partial charge in [-0.15, -0.1) is 0 Å². The van der Waals surface area contributed by atoms with Crippen molar-refractivity contribution in [3.63, 3.8) is 0 Å². The Morgan fingerprint density at radius 1 is 0.929 bits per heavy atom. The van der Waals surface area contributed by atoms with Gasteiger partial charge < -0.3 is 0 Å². The molecule has 0 heterocycles. The largest absolute Gasteiger partial charge is 0.0651 e. The predicted molar refractivity (Wildman–Crippen MR) is 60.0 cm³/mol. The van der Waals surface area contributed by atoms with E-state index in [1.165, 1.54) is 24.7 Å². The third-order valence-corrected chi connectivity index (χ3v) is 5.83. The van der Waals surface area contributed by atoms with Crippen molar-refractivity contribution >= 4 is 0 Å². The molecule has 4 unspecified atom stereocenters. The topological polar surface area (TPSA) is 0 Å². The van der Waals surface area contributed by atoms with Gasteiger partial charge in [0.1, 0.15) is 0 Å². The second-order valence-corrected chi connectivity index (χ2v) is 6.05. The average Bonchev–Trinajstić information content (AvgIpc) is 2.87. The normalized spacial score (nSPS) is 55.3. The first-order chi connectivity index (χ1) is 6.85. The van der Waals surface area contributed by atoms with Crippen molar-refractivity contribution in [1.82, 2.24) is 0 Å². The van der Waals surface area contributed by atoms with Gasteiger partial charge in [-0.1, -0.05) is 26.7 Å². The Morgan fingerprint density at radius 3 is 2.43 bits per heavy atom. The van der Waals surface area contributed by atoms with Gasteiger partial charge in [0.25, 0.3) is 0 Å². The van der Waals surface area contributed by atoms with Crippen molar-refractivity contribution in [2.24, 2.45) is 35.5 Å². The van der Waals surface area contributed by atoms with Gasteiger partial charge in [0.2, 0.25) is 0 Å². The fraction of sp³-hybridized carbons (Fsp3) is 1.00. The minimum atomic E-state index is 1.10. The molecule has 14 heavy (non-hydrogen) atoms. The molecule has 0 amide bonds. The fourth-order valence-corrected chi connectivity index (χ4v) is 5.39. The number of fused-ring (bicyclic) bond motifs is 5. The Morgan fingerprint density at radius 2 is 1.71 bits per heavy atom. The number of hydrogen-bond donors (Lipinski definition) is 0. The maximum absolute atomic E-state index is 2.43. The molecule has 0 N–H and O–H groups in total. The highest BCUT2D eigenvalue weighted by Gasteiger charge is 2.55. The van der Waals surface area contributed by atoms with Crippen molar-refractivity contribution in [2.75, 3.05) is 0 Å². The van der Waals surface area contributed by atoms with Crippen LogP contribution < -0.4 is 0 Å². The molecule has 0 aromatic rings. The summed E-state index contributed by atoms with van der Waals surface area (Å²) in [7, 11) is 0. The first kappa shape index (κ1) is 9.24. The summed E-state index contributed by atoms with van der Waals surface area (Å²) < 4.78 is 0. The monoisotopic (exact) mass is 192 g/mol. The van der Waals surface area contributed by atoms with Gasteiger partial charge in [0.15, 0.2) is 0 Å². The molecule has 3 saturated carbocycles. The standard InChI is InChI=1S/C14H24/c1-3-9-8-13-10-5-6-11(7-10)14(13)12(9)4-2/h9-14H,3-8H2,1-2H3/t9-,10?,11?,12-,13?,14?/m0/s1. The van der Waals surface area contributed by atoms with Gasteiger partial charge >= 0.3 is 0 Å². The van der Waals surface area contributed by atoms with Crippen molar-refractivity contribution in [3.8, 4) is 0 Å². The third-order valence-electron chi connectivity index (χ3n) is 5.83. The molecular weight excluding hydrogens is 168 g/mol. The minimum absolute atomic E-state index is 1.10. The second-order valence-electron chi connectivity index (χ2n) is 6.05. The van der Waals surface area contributed by atoms with Crippen LogP contribution >= 0.6 is 0 Å². The summed E-state index contributed by atoms with van der Waals surface area (Å²) in [6, 6.07) is 0. The van der Waals surface area contributed by atoms with Crippen LogP contribution in [0.4, 0.5) is 0 Å². The van der Waals surface area contributed by atoms with Crippen LogP contribution in [-0.4, -0.2) is 0 Å². The van der Waals surface area contributed by atoms with Gasteiger partial charge in [-0.2, -0.15) is 0 Å². The maximum atomic E-state index is 2.43. The highest BCUT2D eigenvalue weighted by molar-refractivity contribution is 5.04. The van der Waals surface area contributed by atoms with Gasteiger partial charge in [0.05, 0.1) is 0 Å². The van der Waals surface area contributed by atoms with Gasteiger partial charge in [-0.3, -0.25) is 0 Å². The van der Waals surface area contributed by atoms with Gasteiger partial charge in [-0.05, 0) is 61.2 Å². The molecular formula is C14H24. The number of hydrogen-bond acceptors (Lipinski definition) is 0. The van der Waals surface area contributed by atoms with E-state index in [9.17, 15) is 0 Å². The quantitative estimate of drug-likeness (QED) is 0.618. The summed E-state index contributed by atoms with van der Waals surface area (Å²) in [6.07, 6.45) is 9.29. The molecule has 80 valence electrons. The van der Waals surface area contributed by atoms with Crippen molar-refractivity contribution in [1.29, 1.82) is 0 Å². The van der Waals surface area contributed by atoms with E-state index in [0.717, 1.165) is 23.7 Å². The summed E-state index contributed by atoms with van der Waals surface area (Å²) in [4.78, 5) is 0. The Hall–Kier alpha value is 0. The van der Waals surface area contributed by atoms with E-state index in [1.807, 2.05) is 0 Å². The zero-order chi connectivity index (χ0) is 9.71. The van der Waals surface area contributed by atoms with Crippen molar-refractivity contribution in [2.45, 2.75) is 52.4 Å². The van der Waals surface area contributed by atoms with Crippen LogP contribution in [0.15, 0.2) is 0 Å². The molecule has 0 nitrogen and oxygen atoms in total. The summed E-state index contributed by atoms with van der Waals surface area (Å²) in [6.45, 7) is 4.85. The maximum Gasteiger partial charge on any atom is -0.0324 e. The first-order valence-electron chi connectivity index (χ1n) is 6.85. The Balaban J connectivity index is 1.84. The minimum Gasteiger partial charge on any atom is -0.0651 e. The first-order valence-corrected chi connectivity index (χ1v) is 6.85. The third kappa shape index (κ3) is 1.06. The lowest BCUT2D eigenvalue weighted by Gasteiger charge is -2.29. The molecule has 6 atom stereocenters. The van der Waals surface area contributed by atoms with Crippen LogP contribution in [0.1, 0.15) is 52.4 Å². The molecule has 2 bridgehead atoms. The highest BCUT2D eigenvalue weighted by atomic mass is 14.6. The Bertz CT molecular complexity index is 220. The van der Waals surface area contributed by atoms with Crippen LogP contribution in [0, 0.1) is 35.5 Å². The average molecular weight is 192 g/mol. The van der Waals surface area contributed by atoms with E-state index < -0.39 is 0 Å². The second kappa shape index (κ2) is 3.25. The molecule has 0 spiro atoms. The molecule has 3 aliphatic rings. The van der Waals surface area contributed by atoms with Crippen LogP contribution in [0.5, 0.6) is 0 Å². The van der Waals surface area contributed by atoms with E-state index in [4.69, 9.17) is 0 Å². The molecule has 3 rings (SSSR count).